The summed E-state index contributed by atoms with van der Waals surface area (Å²) in [6.45, 7) is 12.5. The SMILES string of the molecule is CC(C)(C)[Si](C)(C)O[C@@H]1CCC[C@@H](OC2CCCCO2)C1. The Kier molecular flexibility index (Phi) is 5.91. The third-order valence-electron chi connectivity index (χ3n) is 5.33. The van der Waals surface area contributed by atoms with E-state index in [9.17, 15) is 0 Å². The van der Waals surface area contributed by atoms with Crippen LogP contribution >= 0.6 is 0 Å². The van der Waals surface area contributed by atoms with Crippen molar-refractivity contribution in [1.29, 1.82) is 0 Å². The van der Waals surface area contributed by atoms with Gasteiger partial charge in [-0.05, 0) is 63.1 Å². The van der Waals surface area contributed by atoms with E-state index in [-0.39, 0.29) is 11.3 Å². The lowest BCUT2D eigenvalue weighted by molar-refractivity contribution is -0.197. The van der Waals surface area contributed by atoms with Crippen LogP contribution in [0.3, 0.4) is 0 Å². The number of ether oxygens (including phenoxy) is 2. The molecule has 3 nitrogen and oxygen atoms in total. The Labute approximate surface area is 131 Å². The van der Waals surface area contributed by atoms with Gasteiger partial charge in [-0.2, -0.15) is 0 Å². The van der Waals surface area contributed by atoms with E-state index in [0.29, 0.717) is 12.2 Å². The van der Waals surface area contributed by atoms with Crippen LogP contribution in [0.5, 0.6) is 0 Å². The summed E-state index contributed by atoms with van der Waals surface area (Å²) < 4.78 is 18.5. The van der Waals surface area contributed by atoms with Crippen molar-refractivity contribution in [3.63, 3.8) is 0 Å². The average molecular weight is 315 g/mol. The summed E-state index contributed by atoms with van der Waals surface area (Å²) in [5, 5.41) is 0.285. The quantitative estimate of drug-likeness (QED) is 0.693. The summed E-state index contributed by atoms with van der Waals surface area (Å²) in [5.74, 6) is 0. The molecule has 1 aliphatic carbocycles. The zero-order valence-electron chi connectivity index (χ0n) is 14.6. The first kappa shape index (κ1) is 17.5. The van der Waals surface area contributed by atoms with Gasteiger partial charge in [0.2, 0.25) is 0 Å². The van der Waals surface area contributed by atoms with Crippen molar-refractivity contribution >= 4 is 8.32 Å². The maximum absolute atomic E-state index is 6.58. The first-order valence-corrected chi connectivity index (χ1v) is 11.6. The summed E-state index contributed by atoms with van der Waals surface area (Å²) >= 11 is 0. The van der Waals surface area contributed by atoms with Gasteiger partial charge in [0.1, 0.15) is 0 Å². The largest absolute Gasteiger partial charge is 0.414 e. The van der Waals surface area contributed by atoms with Gasteiger partial charge in [0.15, 0.2) is 14.6 Å². The normalized spacial score (nSPS) is 32.1. The zero-order valence-corrected chi connectivity index (χ0v) is 15.6. The number of hydrogen-bond donors (Lipinski definition) is 0. The highest BCUT2D eigenvalue weighted by atomic mass is 28.4. The van der Waals surface area contributed by atoms with E-state index in [0.717, 1.165) is 25.9 Å². The van der Waals surface area contributed by atoms with Gasteiger partial charge in [-0.25, -0.2) is 0 Å². The second-order valence-electron chi connectivity index (χ2n) is 8.22. The Morgan fingerprint density at radius 3 is 2.29 bits per heavy atom. The number of rotatable bonds is 4. The summed E-state index contributed by atoms with van der Waals surface area (Å²) in [6.07, 6.45) is 8.85. The molecular weight excluding hydrogens is 280 g/mol. The third kappa shape index (κ3) is 5.05. The average Bonchev–Trinajstić information content (AvgIpc) is 2.38. The molecule has 124 valence electrons. The Morgan fingerprint density at radius 1 is 0.952 bits per heavy atom. The van der Waals surface area contributed by atoms with E-state index in [1.165, 1.54) is 25.7 Å². The van der Waals surface area contributed by atoms with Gasteiger partial charge >= 0.3 is 0 Å². The predicted octanol–water partition coefficient (Wildman–Crippen LogP) is 4.86. The summed E-state index contributed by atoms with van der Waals surface area (Å²) in [7, 11) is -1.66. The van der Waals surface area contributed by atoms with Crippen molar-refractivity contribution in [2.75, 3.05) is 6.61 Å². The Morgan fingerprint density at radius 2 is 1.67 bits per heavy atom. The molecule has 1 aliphatic heterocycles. The number of hydrogen-bond acceptors (Lipinski definition) is 3. The van der Waals surface area contributed by atoms with Gasteiger partial charge in [0, 0.05) is 12.7 Å². The van der Waals surface area contributed by atoms with E-state index < -0.39 is 8.32 Å². The van der Waals surface area contributed by atoms with Crippen LogP contribution < -0.4 is 0 Å². The molecule has 2 aliphatic rings. The highest BCUT2D eigenvalue weighted by molar-refractivity contribution is 6.74. The molecule has 21 heavy (non-hydrogen) atoms. The zero-order chi connectivity index (χ0) is 15.5. The molecule has 0 aromatic heterocycles. The van der Waals surface area contributed by atoms with Gasteiger partial charge in [-0.15, -0.1) is 0 Å². The van der Waals surface area contributed by atoms with Crippen molar-refractivity contribution in [1.82, 2.24) is 0 Å². The van der Waals surface area contributed by atoms with Crippen molar-refractivity contribution in [2.24, 2.45) is 0 Å². The molecule has 0 aromatic carbocycles. The molecule has 0 spiro atoms. The molecule has 1 saturated carbocycles. The molecule has 1 heterocycles. The maximum Gasteiger partial charge on any atom is 0.192 e. The maximum atomic E-state index is 6.58. The lowest BCUT2D eigenvalue weighted by Gasteiger charge is -2.42. The third-order valence-corrected chi connectivity index (χ3v) is 9.86. The van der Waals surface area contributed by atoms with Gasteiger partial charge in [0.25, 0.3) is 0 Å². The second-order valence-corrected chi connectivity index (χ2v) is 13.0. The molecule has 0 radical (unpaired) electrons. The second kappa shape index (κ2) is 7.11. The van der Waals surface area contributed by atoms with Crippen LogP contribution in [0.2, 0.25) is 18.1 Å². The van der Waals surface area contributed by atoms with Gasteiger partial charge < -0.3 is 13.9 Å². The van der Waals surface area contributed by atoms with Gasteiger partial charge in [-0.3, -0.25) is 0 Å². The van der Waals surface area contributed by atoms with E-state index in [1.807, 2.05) is 0 Å². The van der Waals surface area contributed by atoms with Crippen LogP contribution in [0.4, 0.5) is 0 Å². The Hall–Kier alpha value is 0.0969. The van der Waals surface area contributed by atoms with Crippen LogP contribution in [-0.4, -0.2) is 33.4 Å². The Balaban J connectivity index is 1.83. The van der Waals surface area contributed by atoms with Crippen LogP contribution in [0.15, 0.2) is 0 Å². The van der Waals surface area contributed by atoms with Crippen molar-refractivity contribution in [2.45, 2.75) is 102 Å². The molecule has 2 fully saturated rings. The van der Waals surface area contributed by atoms with Gasteiger partial charge in [-0.1, -0.05) is 20.8 Å². The first-order valence-electron chi connectivity index (χ1n) is 8.73. The topological polar surface area (TPSA) is 27.7 Å². The lowest BCUT2D eigenvalue weighted by Crippen LogP contribution is -2.46. The highest BCUT2D eigenvalue weighted by Gasteiger charge is 2.40. The van der Waals surface area contributed by atoms with E-state index in [4.69, 9.17) is 13.9 Å². The van der Waals surface area contributed by atoms with E-state index >= 15 is 0 Å². The van der Waals surface area contributed by atoms with Crippen LogP contribution in [0.1, 0.15) is 65.7 Å². The minimum Gasteiger partial charge on any atom is -0.414 e. The van der Waals surface area contributed by atoms with E-state index in [1.54, 1.807) is 0 Å². The van der Waals surface area contributed by atoms with Crippen molar-refractivity contribution in [3.8, 4) is 0 Å². The van der Waals surface area contributed by atoms with Gasteiger partial charge in [0.05, 0.1) is 6.10 Å². The fraction of sp³-hybridized carbons (Fsp3) is 1.00. The molecule has 0 bridgehead atoms. The van der Waals surface area contributed by atoms with Crippen LogP contribution in [0, 0.1) is 0 Å². The smallest absolute Gasteiger partial charge is 0.192 e. The Bertz CT molecular complexity index is 318. The van der Waals surface area contributed by atoms with Crippen molar-refractivity contribution in [3.05, 3.63) is 0 Å². The highest BCUT2D eigenvalue weighted by Crippen LogP contribution is 2.39. The molecule has 1 saturated heterocycles. The molecule has 0 aromatic rings. The van der Waals surface area contributed by atoms with Crippen LogP contribution in [0.25, 0.3) is 0 Å². The molecule has 1 unspecified atom stereocenters. The minimum absolute atomic E-state index is 0.0374. The monoisotopic (exact) mass is 314 g/mol. The minimum atomic E-state index is -1.66. The molecule has 4 heteroatoms. The summed E-state index contributed by atoms with van der Waals surface area (Å²) in [5.41, 5.74) is 0. The summed E-state index contributed by atoms with van der Waals surface area (Å²) in [4.78, 5) is 0. The summed E-state index contributed by atoms with van der Waals surface area (Å²) in [6, 6.07) is 0. The fourth-order valence-corrected chi connectivity index (χ4v) is 4.36. The molecule has 3 atom stereocenters. The predicted molar refractivity (Wildman–Crippen MR) is 89.0 cm³/mol. The van der Waals surface area contributed by atoms with Crippen molar-refractivity contribution < 1.29 is 13.9 Å². The molecule has 0 amide bonds. The molecule has 0 N–H and O–H groups in total. The first-order chi connectivity index (χ1) is 9.78. The standard InChI is InChI=1S/C17H34O3Si/c1-17(2,3)21(4,5)20-15-10-8-9-14(13-15)19-16-11-6-7-12-18-16/h14-16H,6-13H2,1-5H3/t14-,15-,16?/m1/s1. The lowest BCUT2D eigenvalue weighted by atomic mass is 9.95. The van der Waals surface area contributed by atoms with Crippen LogP contribution in [-0.2, 0) is 13.9 Å². The van der Waals surface area contributed by atoms with E-state index in [2.05, 4.69) is 33.9 Å². The molecule has 2 rings (SSSR count). The fourth-order valence-electron chi connectivity index (χ4n) is 2.96. The molecular formula is C17H34O3Si.